The van der Waals surface area contributed by atoms with E-state index in [2.05, 4.69) is 65.3 Å². The summed E-state index contributed by atoms with van der Waals surface area (Å²) in [6, 6.07) is 1.05. The van der Waals surface area contributed by atoms with Gasteiger partial charge in [-0.1, -0.05) is 111 Å². The molecule has 12 unspecified atom stereocenters. The molecule has 12 atom stereocenters. The molecule has 3 saturated carbocycles. The highest BCUT2D eigenvalue weighted by molar-refractivity contribution is 5.33. The van der Waals surface area contributed by atoms with Gasteiger partial charge in [-0.2, -0.15) is 0 Å². The van der Waals surface area contributed by atoms with Crippen molar-refractivity contribution in [1.82, 2.24) is 10.6 Å². The molecule has 3 nitrogen and oxygen atoms in total. The summed E-state index contributed by atoms with van der Waals surface area (Å²) in [4.78, 5) is 0. The van der Waals surface area contributed by atoms with E-state index in [0.29, 0.717) is 47.7 Å². The van der Waals surface area contributed by atoms with Gasteiger partial charge >= 0.3 is 0 Å². The Labute approximate surface area is 342 Å². The molecule has 306 valence electrons. The van der Waals surface area contributed by atoms with E-state index in [9.17, 15) is 0 Å². The SMILES string of the molecule is C1=CC(C2(C3=CC(C4C=CC(C5C=CC(C6CC(C7=CCCCC7)NC(C7CCCCC7)N6)=CC5)CC4)CCC3)C3CCCCC3OC3CCCCC32)CCC1. The van der Waals surface area contributed by atoms with Gasteiger partial charge in [0.2, 0.25) is 0 Å². The minimum absolute atomic E-state index is 0.356. The summed E-state index contributed by atoms with van der Waals surface area (Å²) < 4.78 is 7.16. The number of allylic oxidation sites excluding steroid dienone is 9. The van der Waals surface area contributed by atoms with Gasteiger partial charge in [-0.25, -0.2) is 0 Å². The van der Waals surface area contributed by atoms with Crippen LogP contribution in [0.5, 0.6) is 0 Å². The lowest BCUT2D eigenvalue weighted by molar-refractivity contribution is -0.212. The first kappa shape index (κ1) is 38.5. The van der Waals surface area contributed by atoms with Crippen LogP contribution in [0.1, 0.15) is 173 Å². The number of rotatable bonds is 7. The van der Waals surface area contributed by atoms with Crippen LogP contribution in [0.25, 0.3) is 0 Å². The molecule has 0 aromatic rings. The average Bonchev–Trinajstić information content (AvgIpc) is 3.29. The van der Waals surface area contributed by atoms with Crippen LogP contribution in [-0.2, 0) is 4.74 Å². The largest absolute Gasteiger partial charge is 0.374 e. The van der Waals surface area contributed by atoms with Gasteiger partial charge in [-0.3, -0.25) is 10.6 Å². The summed E-state index contributed by atoms with van der Waals surface area (Å²) in [6.07, 6.45) is 62.6. The maximum absolute atomic E-state index is 7.16. The first-order valence-electron chi connectivity index (χ1n) is 25.0. The standard InChI is InChI=1S/C53H78N2O/c1-4-15-40(16-5-1)48-36-49(55-52(54-48)42-17-6-2-7-18-42)41-33-31-38(32-34-41)37-27-29-39(30-28-37)43-19-14-22-45(35-43)53(44-20-8-3-9-21-44)46-23-10-12-25-50(46)56-51-26-13-11-24-47(51)53/h8,15,20,27,29,31,33-35,37-39,42-44,46-52,54-55H,1-7,9-14,16-19,21-26,28,30,32,36H2. The summed E-state index contributed by atoms with van der Waals surface area (Å²) in [5.41, 5.74) is 5.59. The number of hydrogen-bond donors (Lipinski definition) is 2. The fourth-order valence-electron chi connectivity index (χ4n) is 15.3. The van der Waals surface area contributed by atoms with Crippen LogP contribution in [0.3, 0.4) is 0 Å². The van der Waals surface area contributed by atoms with Crippen molar-refractivity contribution in [2.75, 3.05) is 0 Å². The second kappa shape index (κ2) is 17.5. The van der Waals surface area contributed by atoms with Crippen molar-refractivity contribution in [2.45, 2.75) is 204 Å². The van der Waals surface area contributed by atoms with Crippen molar-refractivity contribution in [1.29, 1.82) is 0 Å². The van der Waals surface area contributed by atoms with Crippen molar-refractivity contribution in [3.63, 3.8) is 0 Å². The van der Waals surface area contributed by atoms with E-state index in [4.69, 9.17) is 4.74 Å². The highest BCUT2D eigenvalue weighted by atomic mass is 16.5. The highest BCUT2D eigenvalue weighted by Gasteiger charge is 2.60. The molecule has 10 aliphatic rings. The maximum atomic E-state index is 7.16. The Bertz CT molecular complexity index is 1520. The zero-order valence-electron chi connectivity index (χ0n) is 35.2. The van der Waals surface area contributed by atoms with Gasteiger partial charge in [0.1, 0.15) is 0 Å². The van der Waals surface area contributed by atoms with E-state index in [0.717, 1.165) is 35.5 Å². The van der Waals surface area contributed by atoms with E-state index >= 15 is 0 Å². The molecule has 8 aliphatic carbocycles. The smallest absolute Gasteiger partial charge is 0.0615 e. The summed E-state index contributed by atoms with van der Waals surface area (Å²) in [5, 5.41) is 8.36. The molecule has 2 saturated heterocycles. The molecule has 3 heteroatoms. The fourth-order valence-corrected chi connectivity index (χ4v) is 15.3. The Morgan fingerprint density at radius 2 is 1.30 bits per heavy atom. The van der Waals surface area contributed by atoms with Crippen molar-refractivity contribution in [3.05, 3.63) is 71.4 Å². The molecular formula is C53H78N2O. The van der Waals surface area contributed by atoms with Crippen LogP contribution in [0.15, 0.2) is 71.4 Å². The van der Waals surface area contributed by atoms with Gasteiger partial charge in [0.25, 0.3) is 0 Å². The molecule has 0 aromatic heterocycles. The van der Waals surface area contributed by atoms with E-state index in [-0.39, 0.29) is 0 Å². The average molecular weight is 759 g/mol. The maximum Gasteiger partial charge on any atom is 0.0615 e. The number of hydrogen-bond acceptors (Lipinski definition) is 3. The number of ether oxygens (including phenoxy) is 1. The Morgan fingerprint density at radius 1 is 0.554 bits per heavy atom. The van der Waals surface area contributed by atoms with Crippen LogP contribution in [0.4, 0.5) is 0 Å². The van der Waals surface area contributed by atoms with Crippen molar-refractivity contribution < 1.29 is 4.74 Å². The molecule has 0 spiro atoms. The van der Waals surface area contributed by atoms with Gasteiger partial charge < -0.3 is 4.74 Å². The van der Waals surface area contributed by atoms with Crippen LogP contribution in [0, 0.1) is 52.8 Å². The fraction of sp³-hybridized carbons (Fsp3) is 0.774. The van der Waals surface area contributed by atoms with Crippen molar-refractivity contribution >= 4 is 0 Å². The zero-order chi connectivity index (χ0) is 37.3. The van der Waals surface area contributed by atoms with E-state index in [1.165, 1.54) is 173 Å². The minimum atomic E-state index is 0.356. The van der Waals surface area contributed by atoms with Crippen LogP contribution in [-0.4, -0.2) is 30.5 Å². The van der Waals surface area contributed by atoms with E-state index < -0.39 is 0 Å². The molecule has 2 heterocycles. The van der Waals surface area contributed by atoms with Crippen LogP contribution < -0.4 is 10.6 Å². The van der Waals surface area contributed by atoms with Crippen LogP contribution in [0.2, 0.25) is 0 Å². The zero-order valence-corrected chi connectivity index (χ0v) is 35.2. The molecule has 56 heavy (non-hydrogen) atoms. The van der Waals surface area contributed by atoms with Gasteiger partial charge in [0.15, 0.2) is 0 Å². The minimum Gasteiger partial charge on any atom is -0.374 e. The third-order valence-corrected chi connectivity index (χ3v) is 18.0. The Kier molecular flexibility index (Phi) is 12.0. The van der Waals surface area contributed by atoms with E-state index in [1.807, 2.05) is 5.57 Å². The van der Waals surface area contributed by atoms with Gasteiger partial charge in [0.05, 0.1) is 18.4 Å². The lowest BCUT2D eigenvalue weighted by atomic mass is 9.46. The molecule has 5 fully saturated rings. The summed E-state index contributed by atoms with van der Waals surface area (Å²) in [5.74, 6) is 5.82. The third kappa shape index (κ3) is 7.64. The molecular weight excluding hydrogens is 681 g/mol. The normalized spacial score (nSPS) is 44.9. The summed E-state index contributed by atoms with van der Waals surface area (Å²) in [7, 11) is 0. The lowest BCUT2D eigenvalue weighted by Gasteiger charge is -2.63. The highest BCUT2D eigenvalue weighted by Crippen LogP contribution is 2.65. The first-order valence-corrected chi connectivity index (χ1v) is 25.0. The lowest BCUT2D eigenvalue weighted by Crippen LogP contribution is -2.62. The second-order valence-corrected chi connectivity index (χ2v) is 21.0. The topological polar surface area (TPSA) is 33.3 Å². The third-order valence-electron chi connectivity index (χ3n) is 18.0. The van der Waals surface area contributed by atoms with Gasteiger partial charge in [-0.15, -0.1) is 0 Å². The summed E-state index contributed by atoms with van der Waals surface area (Å²) in [6.45, 7) is 0. The molecule has 0 amide bonds. The Morgan fingerprint density at radius 3 is 2.00 bits per heavy atom. The Balaban J connectivity index is 0.840. The molecule has 0 aromatic carbocycles. The van der Waals surface area contributed by atoms with Gasteiger partial charge in [0, 0.05) is 17.5 Å². The molecule has 0 bridgehead atoms. The van der Waals surface area contributed by atoms with Gasteiger partial charge in [-0.05, 0) is 181 Å². The number of fused-ring (bicyclic) bond motifs is 2. The molecule has 2 N–H and O–H groups in total. The van der Waals surface area contributed by atoms with Crippen molar-refractivity contribution in [2.24, 2.45) is 52.8 Å². The van der Waals surface area contributed by atoms with Crippen LogP contribution >= 0.6 is 0 Å². The first-order chi connectivity index (χ1) is 27.7. The molecule has 10 rings (SSSR count). The predicted octanol–water partition coefficient (Wildman–Crippen LogP) is 13.0. The van der Waals surface area contributed by atoms with E-state index in [1.54, 1.807) is 11.1 Å². The number of nitrogens with one attached hydrogen (secondary N) is 2. The second-order valence-electron chi connectivity index (χ2n) is 21.0. The molecule has 2 aliphatic heterocycles. The summed E-state index contributed by atoms with van der Waals surface area (Å²) >= 11 is 0. The Hall–Kier alpha value is -1.68. The monoisotopic (exact) mass is 759 g/mol. The predicted molar refractivity (Wildman–Crippen MR) is 233 cm³/mol. The molecule has 0 radical (unpaired) electrons. The quantitative estimate of drug-likeness (QED) is 0.254. The van der Waals surface area contributed by atoms with Crippen molar-refractivity contribution in [3.8, 4) is 0 Å².